The molecular weight excluding hydrogens is 140 g/mol. The Hall–Kier alpha value is 0.210. The van der Waals surface area contributed by atoms with Crippen molar-refractivity contribution in [2.24, 2.45) is 0 Å². The SMILES string of the molecule is OC1(O)CCC(Cl)CC1. The molecule has 9 heavy (non-hydrogen) atoms. The van der Waals surface area contributed by atoms with Crippen LogP contribution in [0.1, 0.15) is 25.7 Å². The summed E-state index contributed by atoms with van der Waals surface area (Å²) < 4.78 is 0. The zero-order valence-corrected chi connectivity index (χ0v) is 5.93. The van der Waals surface area contributed by atoms with Crippen LogP contribution >= 0.6 is 11.6 Å². The molecule has 0 spiro atoms. The van der Waals surface area contributed by atoms with Gasteiger partial charge in [-0.3, -0.25) is 0 Å². The quantitative estimate of drug-likeness (QED) is 0.397. The topological polar surface area (TPSA) is 40.5 Å². The Morgan fingerprint density at radius 2 is 1.67 bits per heavy atom. The van der Waals surface area contributed by atoms with Crippen LogP contribution in [0.15, 0.2) is 0 Å². The van der Waals surface area contributed by atoms with E-state index in [2.05, 4.69) is 0 Å². The summed E-state index contributed by atoms with van der Waals surface area (Å²) in [6.45, 7) is 0. The van der Waals surface area contributed by atoms with Crippen LogP contribution in [0.3, 0.4) is 0 Å². The highest BCUT2D eigenvalue weighted by Gasteiger charge is 2.29. The van der Waals surface area contributed by atoms with Crippen LogP contribution in [-0.4, -0.2) is 21.4 Å². The second-order valence-electron chi connectivity index (χ2n) is 2.66. The molecule has 1 rings (SSSR count). The molecule has 0 aromatic rings. The van der Waals surface area contributed by atoms with Gasteiger partial charge in [0, 0.05) is 18.2 Å². The largest absolute Gasteiger partial charge is 0.366 e. The third-order valence-electron chi connectivity index (χ3n) is 1.72. The van der Waals surface area contributed by atoms with Gasteiger partial charge < -0.3 is 10.2 Å². The zero-order valence-electron chi connectivity index (χ0n) is 5.18. The molecule has 0 radical (unpaired) electrons. The molecule has 0 bridgehead atoms. The minimum atomic E-state index is -1.43. The number of alkyl halides is 1. The van der Waals surface area contributed by atoms with Gasteiger partial charge in [0.25, 0.3) is 0 Å². The van der Waals surface area contributed by atoms with Gasteiger partial charge >= 0.3 is 0 Å². The molecule has 0 unspecified atom stereocenters. The normalized spacial score (nSPS) is 28.3. The lowest BCUT2D eigenvalue weighted by molar-refractivity contribution is -0.179. The van der Waals surface area contributed by atoms with Gasteiger partial charge in [-0.05, 0) is 12.8 Å². The molecule has 0 amide bonds. The molecule has 0 saturated heterocycles. The molecule has 0 atom stereocenters. The van der Waals surface area contributed by atoms with Gasteiger partial charge in [-0.15, -0.1) is 11.6 Å². The predicted molar refractivity (Wildman–Crippen MR) is 35.3 cm³/mol. The van der Waals surface area contributed by atoms with Crippen LogP contribution in [0.4, 0.5) is 0 Å². The fourth-order valence-corrected chi connectivity index (χ4v) is 1.26. The molecule has 1 saturated carbocycles. The van der Waals surface area contributed by atoms with E-state index in [0.29, 0.717) is 25.7 Å². The van der Waals surface area contributed by atoms with Crippen molar-refractivity contribution in [2.45, 2.75) is 36.8 Å². The molecule has 0 aromatic carbocycles. The third kappa shape index (κ3) is 2.12. The van der Waals surface area contributed by atoms with Gasteiger partial charge in [0.15, 0.2) is 5.79 Å². The summed E-state index contributed by atoms with van der Waals surface area (Å²) in [5.74, 6) is -1.43. The van der Waals surface area contributed by atoms with Crippen molar-refractivity contribution >= 4 is 11.6 Å². The average Bonchev–Trinajstić information content (AvgIpc) is 1.78. The molecule has 1 aliphatic carbocycles. The molecule has 2 nitrogen and oxygen atoms in total. The van der Waals surface area contributed by atoms with E-state index in [-0.39, 0.29) is 5.38 Å². The summed E-state index contributed by atoms with van der Waals surface area (Å²) in [6.07, 6.45) is 2.27. The van der Waals surface area contributed by atoms with Crippen molar-refractivity contribution in [3.8, 4) is 0 Å². The van der Waals surface area contributed by atoms with Gasteiger partial charge in [-0.1, -0.05) is 0 Å². The second-order valence-corrected chi connectivity index (χ2v) is 3.27. The summed E-state index contributed by atoms with van der Waals surface area (Å²) in [5, 5.41) is 18.1. The number of hydrogen-bond donors (Lipinski definition) is 2. The first kappa shape index (κ1) is 7.32. The Morgan fingerprint density at radius 1 is 1.22 bits per heavy atom. The van der Waals surface area contributed by atoms with Crippen molar-refractivity contribution in [3.05, 3.63) is 0 Å². The fourth-order valence-electron chi connectivity index (χ4n) is 1.04. The van der Waals surface area contributed by atoms with Crippen LogP contribution in [0.2, 0.25) is 0 Å². The van der Waals surface area contributed by atoms with Gasteiger partial charge in [-0.25, -0.2) is 0 Å². The molecule has 3 heteroatoms. The highest BCUT2D eigenvalue weighted by molar-refractivity contribution is 6.20. The molecule has 2 N–H and O–H groups in total. The minimum Gasteiger partial charge on any atom is -0.366 e. The summed E-state index contributed by atoms with van der Waals surface area (Å²) in [4.78, 5) is 0. The minimum absolute atomic E-state index is 0.150. The average molecular weight is 151 g/mol. The molecule has 54 valence electrons. The Balaban J connectivity index is 2.35. The van der Waals surface area contributed by atoms with Gasteiger partial charge in [0.1, 0.15) is 0 Å². The monoisotopic (exact) mass is 150 g/mol. The summed E-state index contributed by atoms with van der Waals surface area (Å²) in [5.41, 5.74) is 0. The van der Waals surface area contributed by atoms with E-state index in [1.165, 1.54) is 0 Å². The van der Waals surface area contributed by atoms with E-state index in [1.54, 1.807) is 0 Å². The standard InChI is InChI=1S/C6H11ClO2/c7-5-1-3-6(8,9)4-2-5/h5,8-9H,1-4H2. The molecule has 0 aromatic heterocycles. The maximum Gasteiger partial charge on any atom is 0.162 e. The first-order chi connectivity index (χ1) is 4.10. The first-order valence-electron chi connectivity index (χ1n) is 3.19. The lowest BCUT2D eigenvalue weighted by atomic mass is 9.94. The van der Waals surface area contributed by atoms with Crippen LogP contribution in [0, 0.1) is 0 Å². The number of rotatable bonds is 0. The highest BCUT2D eigenvalue weighted by Crippen LogP contribution is 2.28. The van der Waals surface area contributed by atoms with Crippen LogP contribution < -0.4 is 0 Å². The van der Waals surface area contributed by atoms with E-state index in [9.17, 15) is 0 Å². The smallest absolute Gasteiger partial charge is 0.162 e. The van der Waals surface area contributed by atoms with E-state index < -0.39 is 5.79 Å². The van der Waals surface area contributed by atoms with E-state index in [4.69, 9.17) is 21.8 Å². The van der Waals surface area contributed by atoms with Crippen molar-refractivity contribution in [2.75, 3.05) is 0 Å². The van der Waals surface area contributed by atoms with Crippen molar-refractivity contribution in [1.29, 1.82) is 0 Å². The Kier molecular flexibility index (Phi) is 1.99. The predicted octanol–water partition coefficient (Wildman–Crippen LogP) is 0.849. The molecular formula is C6H11ClO2. The van der Waals surface area contributed by atoms with Gasteiger partial charge in [-0.2, -0.15) is 0 Å². The molecule has 1 aliphatic rings. The fraction of sp³-hybridized carbons (Fsp3) is 1.00. The van der Waals surface area contributed by atoms with Gasteiger partial charge in [0.2, 0.25) is 0 Å². The van der Waals surface area contributed by atoms with Crippen LogP contribution in [-0.2, 0) is 0 Å². The summed E-state index contributed by atoms with van der Waals surface area (Å²) >= 11 is 5.72. The van der Waals surface area contributed by atoms with Crippen molar-refractivity contribution < 1.29 is 10.2 Å². The van der Waals surface area contributed by atoms with Crippen LogP contribution in [0.25, 0.3) is 0 Å². The Labute approximate surface area is 59.4 Å². The van der Waals surface area contributed by atoms with Gasteiger partial charge in [0.05, 0.1) is 0 Å². The molecule has 0 aliphatic heterocycles. The summed E-state index contributed by atoms with van der Waals surface area (Å²) in [7, 11) is 0. The molecule has 1 fully saturated rings. The van der Waals surface area contributed by atoms with Crippen LogP contribution in [0.5, 0.6) is 0 Å². The number of hydrogen-bond acceptors (Lipinski definition) is 2. The lowest BCUT2D eigenvalue weighted by Gasteiger charge is -2.28. The highest BCUT2D eigenvalue weighted by atomic mass is 35.5. The van der Waals surface area contributed by atoms with E-state index >= 15 is 0 Å². The second kappa shape index (κ2) is 2.45. The maximum absolute atomic E-state index is 8.99. The first-order valence-corrected chi connectivity index (χ1v) is 3.63. The third-order valence-corrected chi connectivity index (χ3v) is 2.15. The van der Waals surface area contributed by atoms with Crippen molar-refractivity contribution in [3.63, 3.8) is 0 Å². The Morgan fingerprint density at radius 3 is 2.00 bits per heavy atom. The number of halogens is 1. The van der Waals surface area contributed by atoms with E-state index in [0.717, 1.165) is 0 Å². The zero-order chi connectivity index (χ0) is 6.91. The maximum atomic E-state index is 8.99. The van der Waals surface area contributed by atoms with E-state index in [1.807, 2.05) is 0 Å². The molecule has 0 heterocycles. The number of aliphatic hydroxyl groups is 2. The van der Waals surface area contributed by atoms with Crippen molar-refractivity contribution in [1.82, 2.24) is 0 Å². The summed E-state index contributed by atoms with van der Waals surface area (Å²) in [6, 6.07) is 0. The Bertz CT molecular complexity index is 93.2. The lowest BCUT2D eigenvalue weighted by Crippen LogP contribution is -2.33.